The number of carbonyl (C=O) groups is 2. The molecule has 6 heteroatoms. The van der Waals surface area contributed by atoms with Crippen LogP contribution >= 0.6 is 11.6 Å². The Hall–Kier alpha value is -2.53. The third-order valence-corrected chi connectivity index (χ3v) is 4.20. The summed E-state index contributed by atoms with van der Waals surface area (Å²) < 4.78 is 0. The number of nitrogens with zero attached hydrogens (tertiary/aromatic N) is 2. The van der Waals surface area contributed by atoms with E-state index in [-0.39, 0.29) is 0 Å². The summed E-state index contributed by atoms with van der Waals surface area (Å²) in [5.41, 5.74) is 1.65. The summed E-state index contributed by atoms with van der Waals surface area (Å²) in [6.45, 7) is 2.36. The van der Waals surface area contributed by atoms with E-state index in [1.54, 1.807) is 17.0 Å². The van der Waals surface area contributed by atoms with E-state index in [1.165, 1.54) is 0 Å². The van der Waals surface area contributed by atoms with Crippen LogP contribution in [0.1, 0.15) is 0 Å². The maximum atomic E-state index is 12.3. The van der Waals surface area contributed by atoms with Gasteiger partial charge < -0.3 is 15.1 Å². The van der Waals surface area contributed by atoms with Crippen molar-refractivity contribution < 1.29 is 9.59 Å². The molecule has 1 fully saturated rings. The molecule has 3 rings (SSSR count). The van der Waals surface area contributed by atoms with Gasteiger partial charge in [-0.1, -0.05) is 35.9 Å². The van der Waals surface area contributed by atoms with Gasteiger partial charge in [-0.2, -0.15) is 0 Å². The number of rotatable bonds is 2. The lowest BCUT2D eigenvalue weighted by atomic mass is 10.2. The number of piperazine rings is 1. The van der Waals surface area contributed by atoms with Crippen LogP contribution in [-0.2, 0) is 9.59 Å². The molecule has 0 atom stereocenters. The molecule has 0 bridgehead atoms. The number of para-hydroxylation sites is 1. The van der Waals surface area contributed by atoms with Crippen molar-refractivity contribution in [1.29, 1.82) is 0 Å². The molecule has 0 aliphatic carbocycles. The lowest BCUT2D eigenvalue weighted by Gasteiger charge is -2.35. The molecule has 5 nitrogen and oxygen atoms in total. The zero-order chi connectivity index (χ0) is 16.9. The first-order valence-corrected chi connectivity index (χ1v) is 8.17. The van der Waals surface area contributed by atoms with Crippen molar-refractivity contribution in [2.45, 2.75) is 0 Å². The van der Waals surface area contributed by atoms with Crippen LogP contribution in [0.15, 0.2) is 54.6 Å². The van der Waals surface area contributed by atoms with Gasteiger partial charge in [0.1, 0.15) is 0 Å². The number of hydrogen-bond donors (Lipinski definition) is 1. The minimum atomic E-state index is -0.600. The third-order valence-electron chi connectivity index (χ3n) is 3.97. The Balaban J connectivity index is 1.56. The minimum Gasteiger partial charge on any atom is -0.368 e. The molecule has 1 saturated heterocycles. The molecule has 2 aromatic carbocycles. The first kappa shape index (κ1) is 16.3. The van der Waals surface area contributed by atoms with Gasteiger partial charge in [-0.05, 0) is 30.3 Å². The first-order chi connectivity index (χ1) is 11.6. The van der Waals surface area contributed by atoms with Crippen molar-refractivity contribution >= 4 is 34.8 Å². The summed E-state index contributed by atoms with van der Waals surface area (Å²) in [6.07, 6.45) is 0. The quantitative estimate of drug-likeness (QED) is 0.853. The van der Waals surface area contributed by atoms with Crippen LogP contribution in [0.4, 0.5) is 11.4 Å². The number of hydrogen-bond acceptors (Lipinski definition) is 3. The lowest BCUT2D eigenvalue weighted by molar-refractivity contribution is -0.143. The summed E-state index contributed by atoms with van der Waals surface area (Å²) >= 11 is 6.02. The molecule has 0 saturated carbocycles. The molecule has 1 heterocycles. The standard InChI is InChI=1S/C18H18ClN3O2/c19-14-5-4-8-16(13-14)21-9-11-22(12-10-21)18(24)17(23)20-15-6-2-1-3-7-15/h1-8,13H,9-12H2,(H,20,23). The summed E-state index contributed by atoms with van der Waals surface area (Å²) in [5, 5.41) is 3.32. The normalized spacial score (nSPS) is 14.4. The molecule has 2 amide bonds. The van der Waals surface area contributed by atoms with Crippen molar-refractivity contribution in [2.24, 2.45) is 0 Å². The number of amides is 2. The third kappa shape index (κ3) is 3.86. The second kappa shape index (κ2) is 7.36. The van der Waals surface area contributed by atoms with Crippen LogP contribution in [0.25, 0.3) is 0 Å². The summed E-state index contributed by atoms with van der Waals surface area (Å²) in [4.78, 5) is 28.1. The number of carbonyl (C=O) groups excluding carboxylic acids is 2. The highest BCUT2D eigenvalue weighted by Crippen LogP contribution is 2.20. The van der Waals surface area contributed by atoms with E-state index in [2.05, 4.69) is 10.2 Å². The van der Waals surface area contributed by atoms with Crippen molar-refractivity contribution in [1.82, 2.24) is 4.90 Å². The van der Waals surface area contributed by atoms with Gasteiger partial charge in [0.25, 0.3) is 0 Å². The average Bonchev–Trinajstić information content (AvgIpc) is 2.62. The highest BCUT2D eigenvalue weighted by Gasteiger charge is 2.26. The van der Waals surface area contributed by atoms with E-state index in [1.807, 2.05) is 42.5 Å². The molecule has 1 aliphatic heterocycles. The maximum Gasteiger partial charge on any atom is 0.313 e. The molecule has 1 aliphatic rings. The van der Waals surface area contributed by atoms with Gasteiger partial charge in [-0.25, -0.2) is 0 Å². The topological polar surface area (TPSA) is 52.7 Å². The van der Waals surface area contributed by atoms with Crippen LogP contribution in [-0.4, -0.2) is 42.9 Å². The number of nitrogens with one attached hydrogen (secondary N) is 1. The molecule has 2 aromatic rings. The van der Waals surface area contributed by atoms with Crippen LogP contribution in [0, 0.1) is 0 Å². The predicted octanol–water partition coefficient (Wildman–Crippen LogP) is 2.63. The Kier molecular flexibility index (Phi) is 5.01. The molecule has 0 radical (unpaired) electrons. The largest absolute Gasteiger partial charge is 0.368 e. The zero-order valence-corrected chi connectivity index (χ0v) is 13.9. The van der Waals surface area contributed by atoms with Crippen LogP contribution in [0.2, 0.25) is 5.02 Å². The number of anilines is 2. The Morgan fingerprint density at radius 2 is 1.62 bits per heavy atom. The van der Waals surface area contributed by atoms with E-state index in [0.29, 0.717) is 36.9 Å². The summed E-state index contributed by atoms with van der Waals surface area (Å²) in [6, 6.07) is 16.6. The van der Waals surface area contributed by atoms with E-state index in [0.717, 1.165) is 5.69 Å². The fourth-order valence-corrected chi connectivity index (χ4v) is 2.87. The van der Waals surface area contributed by atoms with E-state index >= 15 is 0 Å². The van der Waals surface area contributed by atoms with Crippen molar-refractivity contribution in [3.05, 3.63) is 59.6 Å². The van der Waals surface area contributed by atoms with Gasteiger partial charge in [0.2, 0.25) is 0 Å². The van der Waals surface area contributed by atoms with Crippen molar-refractivity contribution in [3.63, 3.8) is 0 Å². The monoisotopic (exact) mass is 343 g/mol. The van der Waals surface area contributed by atoms with Gasteiger partial charge in [0, 0.05) is 42.6 Å². The summed E-state index contributed by atoms with van der Waals surface area (Å²) in [7, 11) is 0. The number of benzene rings is 2. The second-order valence-corrected chi connectivity index (χ2v) is 6.02. The Labute approximate surface area is 145 Å². The zero-order valence-electron chi connectivity index (χ0n) is 13.1. The predicted molar refractivity (Wildman–Crippen MR) is 95.3 cm³/mol. The highest BCUT2D eigenvalue weighted by atomic mass is 35.5. The molecule has 1 N–H and O–H groups in total. The Morgan fingerprint density at radius 1 is 0.917 bits per heavy atom. The highest BCUT2D eigenvalue weighted by molar-refractivity contribution is 6.39. The lowest BCUT2D eigenvalue weighted by Crippen LogP contribution is -2.51. The maximum absolute atomic E-state index is 12.3. The van der Waals surface area contributed by atoms with E-state index in [4.69, 9.17) is 11.6 Å². The smallest absolute Gasteiger partial charge is 0.313 e. The Morgan fingerprint density at radius 3 is 2.29 bits per heavy atom. The van der Waals surface area contributed by atoms with Gasteiger partial charge in [0.15, 0.2) is 0 Å². The summed E-state index contributed by atoms with van der Waals surface area (Å²) in [5.74, 6) is -1.10. The number of halogens is 1. The molecule has 24 heavy (non-hydrogen) atoms. The van der Waals surface area contributed by atoms with E-state index in [9.17, 15) is 9.59 Å². The molecule has 124 valence electrons. The fraction of sp³-hybridized carbons (Fsp3) is 0.222. The second-order valence-electron chi connectivity index (χ2n) is 5.58. The van der Waals surface area contributed by atoms with Crippen molar-refractivity contribution in [3.8, 4) is 0 Å². The average molecular weight is 344 g/mol. The molecule has 0 aromatic heterocycles. The van der Waals surface area contributed by atoms with Gasteiger partial charge in [-0.3, -0.25) is 9.59 Å². The van der Waals surface area contributed by atoms with Crippen LogP contribution < -0.4 is 10.2 Å². The minimum absolute atomic E-state index is 0.496. The van der Waals surface area contributed by atoms with Gasteiger partial charge in [0.05, 0.1) is 0 Å². The van der Waals surface area contributed by atoms with Crippen molar-refractivity contribution in [2.75, 3.05) is 36.4 Å². The first-order valence-electron chi connectivity index (χ1n) is 7.79. The van der Waals surface area contributed by atoms with Crippen LogP contribution in [0.3, 0.4) is 0 Å². The molecule has 0 spiro atoms. The molecular formula is C18H18ClN3O2. The van der Waals surface area contributed by atoms with Gasteiger partial charge in [-0.15, -0.1) is 0 Å². The molecule has 0 unspecified atom stereocenters. The SMILES string of the molecule is O=C(Nc1ccccc1)C(=O)N1CCN(c2cccc(Cl)c2)CC1. The Bertz CT molecular complexity index is 728. The van der Waals surface area contributed by atoms with E-state index < -0.39 is 11.8 Å². The fourth-order valence-electron chi connectivity index (χ4n) is 2.69. The van der Waals surface area contributed by atoms with Gasteiger partial charge >= 0.3 is 11.8 Å². The van der Waals surface area contributed by atoms with Crippen LogP contribution in [0.5, 0.6) is 0 Å². The molecular weight excluding hydrogens is 326 g/mol.